The molecule has 0 aromatic heterocycles. The number of nitrogens with one attached hydrogen (secondary N) is 1. The van der Waals surface area contributed by atoms with Gasteiger partial charge < -0.3 is 16.0 Å². The van der Waals surface area contributed by atoms with Crippen LogP contribution in [0.4, 0.5) is 10.1 Å². The van der Waals surface area contributed by atoms with Gasteiger partial charge in [0.1, 0.15) is 5.82 Å². The first-order valence-electron chi connectivity index (χ1n) is 9.87. The highest BCUT2D eigenvalue weighted by Gasteiger charge is 2.25. The first-order chi connectivity index (χ1) is 13.2. The molecule has 1 aliphatic carbocycles. The Bertz CT molecular complexity index is 819. The smallest absolute Gasteiger partial charge is 0.199 e. The molecule has 4 rings (SSSR count). The van der Waals surface area contributed by atoms with E-state index in [0.29, 0.717) is 0 Å². The fourth-order valence-corrected chi connectivity index (χ4v) is 4.02. The number of hydrogen-bond donors (Lipinski definition) is 2. The summed E-state index contributed by atoms with van der Waals surface area (Å²) in [7, 11) is 0. The van der Waals surface area contributed by atoms with Gasteiger partial charge in [-0.3, -0.25) is 0 Å². The summed E-state index contributed by atoms with van der Waals surface area (Å²) in [5.41, 5.74) is 9.78. The minimum atomic E-state index is -0.252. The highest BCUT2D eigenvalue weighted by molar-refractivity contribution is 5.94. The van der Waals surface area contributed by atoms with Crippen LogP contribution in [0.25, 0.3) is 0 Å². The Morgan fingerprint density at radius 3 is 2.70 bits per heavy atom. The number of hydrogen-bond acceptors (Lipinski definition) is 2. The maximum absolute atomic E-state index is 13.7. The van der Waals surface area contributed by atoms with Crippen molar-refractivity contribution in [2.24, 2.45) is 10.7 Å². The predicted molar refractivity (Wildman–Crippen MR) is 108 cm³/mol. The molecule has 0 unspecified atom stereocenters. The molecule has 4 nitrogen and oxygen atoms in total. The molecule has 0 bridgehead atoms. The third-order valence-electron chi connectivity index (χ3n) is 5.58. The Morgan fingerprint density at radius 1 is 1.07 bits per heavy atom. The predicted octanol–water partition coefficient (Wildman–Crippen LogP) is 3.92. The van der Waals surface area contributed by atoms with Crippen molar-refractivity contribution in [1.82, 2.24) is 4.90 Å². The largest absolute Gasteiger partial charge is 0.338 e. The van der Waals surface area contributed by atoms with Crippen LogP contribution in [0.5, 0.6) is 0 Å². The van der Waals surface area contributed by atoms with Crippen LogP contribution in [0.15, 0.2) is 53.5 Å². The SMILES string of the molecule is N[C@H]1CCCC[C@@H]1N=C(Nc1cccc(F)c1)N1CCc2ccccc2C1. The van der Waals surface area contributed by atoms with Gasteiger partial charge >= 0.3 is 0 Å². The van der Waals surface area contributed by atoms with Gasteiger partial charge in [-0.1, -0.05) is 43.2 Å². The van der Waals surface area contributed by atoms with Crippen molar-refractivity contribution < 1.29 is 4.39 Å². The number of fused-ring (bicyclic) bond motifs is 1. The summed E-state index contributed by atoms with van der Waals surface area (Å²) in [6.45, 7) is 1.69. The molecule has 27 heavy (non-hydrogen) atoms. The molecule has 0 spiro atoms. The van der Waals surface area contributed by atoms with E-state index in [-0.39, 0.29) is 17.9 Å². The third-order valence-corrected chi connectivity index (χ3v) is 5.58. The minimum absolute atomic E-state index is 0.0973. The minimum Gasteiger partial charge on any atom is -0.338 e. The summed E-state index contributed by atoms with van der Waals surface area (Å²) in [6, 6.07) is 15.3. The molecule has 142 valence electrons. The molecular formula is C22H27FN4. The fraction of sp³-hybridized carbons (Fsp3) is 0.409. The van der Waals surface area contributed by atoms with Crippen LogP contribution < -0.4 is 11.1 Å². The van der Waals surface area contributed by atoms with Crippen LogP contribution in [0.1, 0.15) is 36.8 Å². The van der Waals surface area contributed by atoms with Gasteiger partial charge in [0.25, 0.3) is 0 Å². The van der Waals surface area contributed by atoms with Gasteiger partial charge in [-0.25, -0.2) is 9.38 Å². The van der Waals surface area contributed by atoms with Gasteiger partial charge in [-0.2, -0.15) is 0 Å². The number of anilines is 1. The van der Waals surface area contributed by atoms with Crippen LogP contribution in [0.2, 0.25) is 0 Å². The van der Waals surface area contributed by atoms with Crippen LogP contribution in [-0.2, 0) is 13.0 Å². The Kier molecular flexibility index (Phi) is 5.39. The molecule has 0 radical (unpaired) electrons. The highest BCUT2D eigenvalue weighted by atomic mass is 19.1. The van der Waals surface area contributed by atoms with Gasteiger partial charge in [-0.05, 0) is 48.6 Å². The van der Waals surface area contributed by atoms with Gasteiger partial charge in [0.15, 0.2) is 5.96 Å². The summed E-state index contributed by atoms with van der Waals surface area (Å²) >= 11 is 0. The molecule has 2 aliphatic rings. The fourth-order valence-electron chi connectivity index (χ4n) is 4.02. The molecule has 2 aromatic rings. The van der Waals surface area contributed by atoms with Crippen molar-refractivity contribution in [2.45, 2.75) is 50.7 Å². The van der Waals surface area contributed by atoms with Crippen LogP contribution in [-0.4, -0.2) is 29.5 Å². The van der Waals surface area contributed by atoms with E-state index in [9.17, 15) is 4.39 Å². The summed E-state index contributed by atoms with van der Waals surface area (Å²) in [4.78, 5) is 7.28. The maximum atomic E-state index is 13.7. The lowest BCUT2D eigenvalue weighted by Crippen LogP contribution is -2.43. The van der Waals surface area contributed by atoms with Crippen molar-refractivity contribution in [3.05, 3.63) is 65.5 Å². The zero-order chi connectivity index (χ0) is 18.6. The number of halogens is 1. The number of aliphatic imine (C=N–C) groups is 1. The number of nitrogens with zero attached hydrogens (tertiary/aromatic N) is 2. The topological polar surface area (TPSA) is 53.6 Å². The molecule has 2 aromatic carbocycles. The average molecular weight is 366 g/mol. The molecule has 1 fully saturated rings. The van der Waals surface area contributed by atoms with E-state index in [1.165, 1.54) is 29.7 Å². The van der Waals surface area contributed by atoms with Crippen molar-refractivity contribution in [3.63, 3.8) is 0 Å². The van der Waals surface area contributed by atoms with Crippen LogP contribution >= 0.6 is 0 Å². The number of benzene rings is 2. The average Bonchev–Trinajstić information content (AvgIpc) is 2.69. The van der Waals surface area contributed by atoms with Crippen molar-refractivity contribution in [3.8, 4) is 0 Å². The number of guanidine groups is 1. The quantitative estimate of drug-likeness (QED) is 0.626. The lowest BCUT2D eigenvalue weighted by atomic mass is 9.91. The van der Waals surface area contributed by atoms with Gasteiger partial charge in [0.05, 0.1) is 6.04 Å². The molecule has 2 atom stereocenters. The second kappa shape index (κ2) is 8.09. The molecular weight excluding hydrogens is 339 g/mol. The highest BCUT2D eigenvalue weighted by Crippen LogP contribution is 2.23. The zero-order valence-corrected chi connectivity index (χ0v) is 15.6. The molecule has 1 saturated carbocycles. The molecule has 3 N–H and O–H groups in total. The monoisotopic (exact) mass is 366 g/mol. The third kappa shape index (κ3) is 4.30. The Hall–Kier alpha value is -2.40. The summed E-state index contributed by atoms with van der Waals surface area (Å²) < 4.78 is 13.7. The van der Waals surface area contributed by atoms with E-state index in [2.05, 4.69) is 34.5 Å². The van der Waals surface area contributed by atoms with Crippen LogP contribution in [0.3, 0.4) is 0 Å². The number of nitrogens with two attached hydrogens (primary N) is 1. The van der Waals surface area contributed by atoms with E-state index in [0.717, 1.165) is 50.4 Å². The van der Waals surface area contributed by atoms with Crippen LogP contribution in [0, 0.1) is 5.82 Å². The zero-order valence-electron chi connectivity index (χ0n) is 15.6. The van der Waals surface area contributed by atoms with E-state index in [1.54, 1.807) is 6.07 Å². The van der Waals surface area contributed by atoms with E-state index < -0.39 is 0 Å². The normalized spacial score (nSPS) is 23.0. The lowest BCUT2D eigenvalue weighted by Gasteiger charge is -2.34. The Balaban J connectivity index is 1.61. The van der Waals surface area contributed by atoms with E-state index in [4.69, 9.17) is 10.7 Å². The number of rotatable bonds is 2. The Labute approximate surface area is 160 Å². The summed E-state index contributed by atoms with van der Waals surface area (Å²) in [5.74, 6) is 0.551. The van der Waals surface area contributed by atoms with Gasteiger partial charge in [0.2, 0.25) is 0 Å². The molecule has 1 aliphatic heterocycles. The standard InChI is InChI=1S/C22H27FN4/c23-18-8-5-9-19(14-18)25-22(26-21-11-4-3-10-20(21)24)27-13-12-16-6-1-2-7-17(16)15-27/h1-2,5-9,14,20-21H,3-4,10-13,15,24H2,(H,25,26)/t20-,21-/m0/s1. The molecule has 0 amide bonds. The second-order valence-corrected chi connectivity index (χ2v) is 7.54. The lowest BCUT2D eigenvalue weighted by molar-refractivity contribution is 0.363. The first-order valence-corrected chi connectivity index (χ1v) is 9.87. The van der Waals surface area contributed by atoms with Crippen molar-refractivity contribution in [1.29, 1.82) is 0 Å². The Morgan fingerprint density at radius 2 is 1.89 bits per heavy atom. The van der Waals surface area contributed by atoms with E-state index in [1.807, 2.05) is 6.07 Å². The second-order valence-electron chi connectivity index (χ2n) is 7.54. The molecule has 5 heteroatoms. The van der Waals surface area contributed by atoms with Gasteiger partial charge in [-0.15, -0.1) is 0 Å². The van der Waals surface area contributed by atoms with E-state index >= 15 is 0 Å². The first kappa shape index (κ1) is 18.0. The van der Waals surface area contributed by atoms with Crippen molar-refractivity contribution in [2.75, 3.05) is 11.9 Å². The maximum Gasteiger partial charge on any atom is 0.199 e. The summed E-state index contributed by atoms with van der Waals surface area (Å²) in [5, 5.41) is 3.37. The van der Waals surface area contributed by atoms with Gasteiger partial charge in [0, 0.05) is 24.8 Å². The van der Waals surface area contributed by atoms with Crippen molar-refractivity contribution >= 4 is 11.6 Å². The molecule has 0 saturated heterocycles. The summed E-state index contributed by atoms with van der Waals surface area (Å²) in [6.07, 6.45) is 5.36. The molecule has 1 heterocycles.